The minimum absolute atomic E-state index is 0. The van der Waals surface area contributed by atoms with Crippen LogP contribution >= 0.6 is 0 Å². The van der Waals surface area contributed by atoms with Gasteiger partial charge in [0.15, 0.2) is 23.4 Å². The largest absolute Gasteiger partial charge is 1.00 e. The van der Waals surface area contributed by atoms with Crippen LogP contribution in [0.1, 0.15) is 30.4 Å². The fourth-order valence-electron chi connectivity index (χ4n) is 5.90. The Kier molecular flexibility index (Phi) is 3.16. The Morgan fingerprint density at radius 2 is 2.13 bits per heavy atom. The fraction of sp³-hybridized carbons (Fsp3) is 0.611. The Morgan fingerprint density at radius 3 is 2.91 bits per heavy atom. The molecular weight excluding hydrogens is 405 g/mol. The number of halogens is 1. The van der Waals surface area contributed by atoms with Gasteiger partial charge in [-0.15, -0.1) is 0 Å². The number of piperidine rings is 1. The minimum Gasteiger partial charge on any atom is -1.00 e. The Bertz CT molecular complexity index is 716. The average Bonchev–Trinajstić information content (AvgIpc) is 2.84. The van der Waals surface area contributed by atoms with Crippen LogP contribution in [0.3, 0.4) is 0 Å². The zero-order valence-corrected chi connectivity index (χ0v) is 15.7. The van der Waals surface area contributed by atoms with Gasteiger partial charge in [0.05, 0.1) is 32.1 Å². The van der Waals surface area contributed by atoms with Crippen molar-refractivity contribution in [1.82, 2.24) is 0 Å². The topological polar surface area (TPSA) is 46.5 Å². The SMILES string of the molecule is C[N+]1(C)CC[C@]23c4c5ccc(O)c4O[C@H]2C(=O)CC[C@H]3[C@H]1C5.[I-]. The van der Waals surface area contributed by atoms with Crippen LogP contribution in [-0.2, 0) is 16.6 Å². The Balaban J connectivity index is 0.00000135. The molecule has 1 aromatic carbocycles. The van der Waals surface area contributed by atoms with Gasteiger partial charge in [0, 0.05) is 30.7 Å². The van der Waals surface area contributed by atoms with Crippen molar-refractivity contribution in [3.05, 3.63) is 23.3 Å². The predicted molar refractivity (Wildman–Crippen MR) is 81.0 cm³/mol. The van der Waals surface area contributed by atoms with Gasteiger partial charge in [-0.1, -0.05) is 6.07 Å². The highest BCUT2D eigenvalue weighted by Crippen LogP contribution is 2.63. The number of phenols is 1. The molecule has 4 atom stereocenters. The molecule has 2 fully saturated rings. The minimum atomic E-state index is -0.364. The van der Waals surface area contributed by atoms with E-state index in [9.17, 15) is 9.90 Å². The molecule has 2 heterocycles. The van der Waals surface area contributed by atoms with Crippen molar-refractivity contribution < 1.29 is 43.1 Å². The van der Waals surface area contributed by atoms with Crippen molar-refractivity contribution in [3.63, 3.8) is 0 Å². The molecule has 2 aliphatic heterocycles. The smallest absolute Gasteiger partial charge is 0.174 e. The summed E-state index contributed by atoms with van der Waals surface area (Å²) in [4.78, 5) is 12.6. The number of aromatic hydroxyl groups is 1. The first-order chi connectivity index (χ1) is 10.4. The number of hydrogen-bond donors (Lipinski definition) is 1. The second kappa shape index (κ2) is 4.63. The third-order valence-corrected chi connectivity index (χ3v) is 6.94. The fourth-order valence-corrected chi connectivity index (χ4v) is 5.90. The number of phenolic OH excluding ortho intramolecular Hbond substituents is 1. The second-order valence-corrected chi connectivity index (χ2v) is 8.12. The summed E-state index contributed by atoms with van der Waals surface area (Å²) in [5.74, 6) is 1.53. The van der Waals surface area contributed by atoms with Crippen molar-refractivity contribution in [2.75, 3.05) is 20.6 Å². The van der Waals surface area contributed by atoms with Crippen LogP contribution in [0, 0.1) is 5.92 Å². The monoisotopic (exact) mass is 427 g/mol. The van der Waals surface area contributed by atoms with Gasteiger partial charge in [0.2, 0.25) is 0 Å². The lowest BCUT2D eigenvalue weighted by Gasteiger charge is -2.59. The number of likely N-dealkylation sites (N-methyl/N-ethyl adjacent to an activating group) is 1. The highest BCUT2D eigenvalue weighted by Gasteiger charge is 2.68. The van der Waals surface area contributed by atoms with Crippen LogP contribution in [0.25, 0.3) is 0 Å². The number of carbonyl (C=O) groups is 1. The first-order valence-electron chi connectivity index (χ1n) is 8.32. The van der Waals surface area contributed by atoms with Gasteiger partial charge in [0.25, 0.3) is 0 Å². The third-order valence-electron chi connectivity index (χ3n) is 6.94. The number of likely N-dealkylation sites (tertiary alicyclic amines) is 1. The van der Waals surface area contributed by atoms with E-state index in [0.29, 0.717) is 24.1 Å². The van der Waals surface area contributed by atoms with Crippen LogP contribution in [-0.4, -0.2) is 48.2 Å². The Morgan fingerprint density at radius 1 is 1.35 bits per heavy atom. The van der Waals surface area contributed by atoms with E-state index in [1.807, 2.05) is 0 Å². The first kappa shape index (κ1) is 15.7. The van der Waals surface area contributed by atoms with E-state index in [-0.39, 0.29) is 47.0 Å². The molecule has 0 unspecified atom stereocenters. The Hall–Kier alpha value is -0.820. The third kappa shape index (κ3) is 1.68. The van der Waals surface area contributed by atoms with E-state index in [0.717, 1.165) is 30.3 Å². The van der Waals surface area contributed by atoms with Crippen molar-refractivity contribution in [2.24, 2.45) is 5.92 Å². The second-order valence-electron chi connectivity index (χ2n) is 8.12. The van der Waals surface area contributed by atoms with Gasteiger partial charge in [-0.05, 0) is 18.1 Å². The van der Waals surface area contributed by atoms with Gasteiger partial charge < -0.3 is 38.3 Å². The quantitative estimate of drug-likeness (QED) is 0.417. The van der Waals surface area contributed by atoms with Crippen LogP contribution < -0.4 is 28.7 Å². The predicted octanol–water partition coefficient (Wildman–Crippen LogP) is -1.22. The summed E-state index contributed by atoms with van der Waals surface area (Å²) in [7, 11) is 4.65. The first-order valence-corrected chi connectivity index (χ1v) is 8.32. The maximum absolute atomic E-state index is 12.6. The van der Waals surface area contributed by atoms with Crippen molar-refractivity contribution >= 4 is 5.78 Å². The molecular formula is C18H22INO3. The summed E-state index contributed by atoms with van der Waals surface area (Å²) in [6, 6.07) is 4.34. The van der Waals surface area contributed by atoms with Gasteiger partial charge in [-0.3, -0.25) is 4.79 Å². The molecule has 2 aliphatic carbocycles. The molecule has 0 aromatic heterocycles. The number of hydrogen-bond acceptors (Lipinski definition) is 3. The summed E-state index contributed by atoms with van der Waals surface area (Å²) in [5.41, 5.74) is 2.29. The van der Waals surface area contributed by atoms with Crippen LogP contribution in [0.2, 0.25) is 0 Å². The molecule has 1 spiro atoms. The van der Waals surface area contributed by atoms with Gasteiger partial charge >= 0.3 is 0 Å². The van der Waals surface area contributed by atoms with Crippen LogP contribution in [0.4, 0.5) is 0 Å². The molecule has 0 amide bonds. The lowest BCUT2D eigenvalue weighted by atomic mass is 9.51. The number of benzene rings is 1. The van der Waals surface area contributed by atoms with E-state index in [2.05, 4.69) is 20.2 Å². The van der Waals surface area contributed by atoms with Gasteiger partial charge in [0.1, 0.15) is 0 Å². The van der Waals surface area contributed by atoms with Gasteiger partial charge in [-0.2, -0.15) is 0 Å². The van der Waals surface area contributed by atoms with Crippen molar-refractivity contribution in [3.8, 4) is 11.5 Å². The summed E-state index contributed by atoms with van der Waals surface area (Å²) in [5, 5.41) is 10.3. The number of ketones is 1. The number of Topliss-reactive ketones (excluding diaryl/α,β-unsaturated/α-hetero) is 1. The molecule has 5 heteroatoms. The number of rotatable bonds is 0. The number of quaternary nitrogens is 1. The average molecular weight is 427 g/mol. The Labute approximate surface area is 153 Å². The molecule has 0 radical (unpaired) electrons. The van der Waals surface area contributed by atoms with Crippen LogP contribution in [0.5, 0.6) is 11.5 Å². The zero-order chi connectivity index (χ0) is 15.3. The van der Waals surface area contributed by atoms with E-state index < -0.39 is 0 Å². The maximum atomic E-state index is 12.6. The molecule has 4 aliphatic rings. The van der Waals surface area contributed by atoms with E-state index in [4.69, 9.17) is 4.74 Å². The van der Waals surface area contributed by atoms with E-state index in [1.54, 1.807) is 6.07 Å². The molecule has 5 rings (SSSR count). The van der Waals surface area contributed by atoms with Crippen molar-refractivity contribution in [1.29, 1.82) is 0 Å². The molecule has 124 valence electrons. The summed E-state index contributed by atoms with van der Waals surface area (Å²) in [6.07, 6.45) is 3.25. The standard InChI is InChI=1S/C18H21NO3.HI/c1-19(2)8-7-18-11-4-6-14(21)17(18)22-16-13(20)5-3-10(15(16)18)9-12(11)19;/h3,5,11-12,17H,4,6-9H2,1-2H3;1H/t11-,12+,17-,18-;/m0./s1. The summed E-state index contributed by atoms with van der Waals surface area (Å²) in [6.45, 7) is 1.07. The number of ether oxygens (including phenoxy) is 1. The van der Waals surface area contributed by atoms with Crippen LogP contribution in [0.15, 0.2) is 12.1 Å². The van der Waals surface area contributed by atoms with Gasteiger partial charge in [-0.25, -0.2) is 0 Å². The maximum Gasteiger partial charge on any atom is 0.174 e. The highest BCUT2D eigenvalue weighted by atomic mass is 127. The normalized spacial score (nSPS) is 38.3. The molecule has 1 N–H and O–H groups in total. The lowest BCUT2D eigenvalue weighted by Crippen LogP contribution is -3.00. The summed E-state index contributed by atoms with van der Waals surface area (Å²) >= 11 is 0. The van der Waals surface area contributed by atoms with E-state index >= 15 is 0 Å². The number of nitrogens with zero attached hydrogens (tertiary/aromatic N) is 1. The summed E-state index contributed by atoms with van der Waals surface area (Å²) < 4.78 is 7.11. The highest BCUT2D eigenvalue weighted by molar-refractivity contribution is 5.89. The number of carbonyl (C=O) groups excluding carboxylic acids is 1. The molecule has 1 saturated carbocycles. The lowest BCUT2D eigenvalue weighted by molar-refractivity contribution is -0.927. The molecule has 1 aromatic rings. The van der Waals surface area contributed by atoms with E-state index in [1.165, 1.54) is 11.1 Å². The molecule has 2 bridgehead atoms. The molecule has 23 heavy (non-hydrogen) atoms. The molecule has 4 nitrogen and oxygen atoms in total. The molecule has 1 saturated heterocycles. The van der Waals surface area contributed by atoms with Crippen molar-refractivity contribution in [2.45, 2.75) is 43.2 Å². The zero-order valence-electron chi connectivity index (χ0n) is 13.5.